The summed E-state index contributed by atoms with van der Waals surface area (Å²) in [6.45, 7) is 4.71. The second-order valence-electron chi connectivity index (χ2n) is 4.85. The van der Waals surface area contributed by atoms with Crippen molar-refractivity contribution in [1.29, 1.82) is 0 Å². The average molecular weight is 318 g/mol. The number of fused-ring (bicyclic) bond motifs is 1. The molecule has 1 unspecified atom stereocenters. The Morgan fingerprint density at radius 2 is 1.89 bits per heavy atom. The highest BCUT2D eigenvalue weighted by molar-refractivity contribution is 6.47. The lowest BCUT2D eigenvalue weighted by atomic mass is 10.0. The lowest BCUT2D eigenvalue weighted by molar-refractivity contribution is 0.585. The van der Waals surface area contributed by atoms with E-state index in [1.165, 1.54) is 0 Å². The summed E-state index contributed by atoms with van der Waals surface area (Å²) in [5.74, 6) is 0.380. The molecule has 2 rings (SSSR count). The van der Waals surface area contributed by atoms with Crippen molar-refractivity contribution in [1.82, 2.24) is 4.98 Å². The number of rotatable bonds is 3. The van der Waals surface area contributed by atoms with Crippen molar-refractivity contribution in [3.8, 4) is 0 Å². The van der Waals surface area contributed by atoms with Gasteiger partial charge < -0.3 is 5.73 Å². The molecule has 1 aromatic carbocycles. The lowest BCUT2D eigenvalue weighted by Crippen LogP contribution is -2.14. The number of nitrogens with zero attached hydrogens (tertiary/aromatic N) is 1. The summed E-state index contributed by atoms with van der Waals surface area (Å²) < 4.78 is 0. The van der Waals surface area contributed by atoms with Gasteiger partial charge in [0.15, 0.2) is 0 Å². The van der Waals surface area contributed by atoms with Crippen molar-refractivity contribution < 1.29 is 0 Å². The first-order valence-electron chi connectivity index (χ1n) is 6.07. The molecule has 102 valence electrons. The van der Waals surface area contributed by atoms with Gasteiger partial charge in [-0.1, -0.05) is 41.7 Å². The molecule has 2 N–H and O–H groups in total. The number of aryl methyl sites for hydroxylation is 1. The molecular formula is C14H15Cl3N2. The molecule has 19 heavy (non-hydrogen) atoms. The van der Waals surface area contributed by atoms with Crippen molar-refractivity contribution in [2.24, 2.45) is 11.7 Å². The molecule has 2 nitrogen and oxygen atoms in total. The Balaban J connectivity index is 2.63. The van der Waals surface area contributed by atoms with Crippen LogP contribution in [0, 0.1) is 12.8 Å². The number of aromatic nitrogens is 1. The Morgan fingerprint density at radius 1 is 1.21 bits per heavy atom. The van der Waals surface area contributed by atoms with E-state index >= 15 is 0 Å². The molecule has 0 aliphatic heterocycles. The molecule has 0 saturated heterocycles. The van der Waals surface area contributed by atoms with Crippen molar-refractivity contribution in [3.63, 3.8) is 0 Å². The Labute approximate surface area is 127 Å². The highest BCUT2D eigenvalue weighted by atomic mass is 35.5. The van der Waals surface area contributed by atoms with Crippen molar-refractivity contribution in [2.45, 2.75) is 20.3 Å². The highest BCUT2D eigenvalue weighted by Crippen LogP contribution is 2.37. The lowest BCUT2D eigenvalue weighted by Gasteiger charge is -2.12. The fraction of sp³-hybridized carbons (Fsp3) is 0.357. The topological polar surface area (TPSA) is 38.9 Å². The quantitative estimate of drug-likeness (QED) is 0.838. The van der Waals surface area contributed by atoms with Gasteiger partial charge in [-0.2, -0.15) is 0 Å². The number of pyridine rings is 1. The van der Waals surface area contributed by atoms with E-state index in [0.717, 1.165) is 23.1 Å². The summed E-state index contributed by atoms with van der Waals surface area (Å²) in [7, 11) is 0. The summed E-state index contributed by atoms with van der Waals surface area (Å²) in [6, 6.07) is 3.66. The van der Waals surface area contributed by atoms with Crippen LogP contribution in [0.5, 0.6) is 0 Å². The van der Waals surface area contributed by atoms with Gasteiger partial charge in [0.05, 0.1) is 20.6 Å². The van der Waals surface area contributed by atoms with E-state index in [4.69, 9.17) is 40.5 Å². The van der Waals surface area contributed by atoms with Crippen molar-refractivity contribution in [2.75, 3.05) is 6.54 Å². The minimum atomic E-state index is 0.380. The van der Waals surface area contributed by atoms with Gasteiger partial charge in [-0.05, 0) is 43.5 Å². The largest absolute Gasteiger partial charge is 0.330 e. The second-order valence-corrected chi connectivity index (χ2v) is 6.05. The van der Waals surface area contributed by atoms with Crippen LogP contribution in [0.3, 0.4) is 0 Å². The molecule has 0 saturated carbocycles. The van der Waals surface area contributed by atoms with Crippen molar-refractivity contribution >= 4 is 45.7 Å². The van der Waals surface area contributed by atoms with Crippen LogP contribution in [0.15, 0.2) is 12.1 Å². The van der Waals surface area contributed by atoms with Gasteiger partial charge in [-0.3, -0.25) is 4.98 Å². The SMILES string of the molecule is Cc1cc(CC(C)CN)nc2c(Cl)cc(Cl)c(Cl)c12. The molecule has 1 aromatic heterocycles. The third kappa shape index (κ3) is 2.97. The third-order valence-electron chi connectivity index (χ3n) is 3.14. The van der Waals surface area contributed by atoms with Crippen LogP contribution in [0.25, 0.3) is 10.9 Å². The maximum absolute atomic E-state index is 6.24. The van der Waals surface area contributed by atoms with E-state index < -0.39 is 0 Å². The zero-order chi connectivity index (χ0) is 14.2. The van der Waals surface area contributed by atoms with E-state index in [1.54, 1.807) is 6.07 Å². The maximum Gasteiger partial charge on any atom is 0.0910 e. The maximum atomic E-state index is 6.24. The van der Waals surface area contributed by atoms with Crippen LogP contribution in [-0.4, -0.2) is 11.5 Å². The number of hydrogen-bond acceptors (Lipinski definition) is 2. The molecule has 0 aliphatic rings. The normalized spacial score (nSPS) is 12.9. The predicted molar refractivity (Wildman–Crippen MR) is 83.4 cm³/mol. The molecule has 0 amide bonds. The van der Waals surface area contributed by atoms with E-state index in [1.807, 2.05) is 13.0 Å². The van der Waals surface area contributed by atoms with E-state index in [-0.39, 0.29) is 0 Å². The van der Waals surface area contributed by atoms with Crippen LogP contribution in [0.4, 0.5) is 0 Å². The molecule has 2 aromatic rings. The van der Waals surface area contributed by atoms with Gasteiger partial charge in [-0.25, -0.2) is 0 Å². The monoisotopic (exact) mass is 316 g/mol. The first kappa shape index (κ1) is 14.9. The zero-order valence-electron chi connectivity index (χ0n) is 10.8. The first-order valence-corrected chi connectivity index (χ1v) is 7.21. The van der Waals surface area contributed by atoms with E-state index in [0.29, 0.717) is 33.0 Å². The van der Waals surface area contributed by atoms with Crippen LogP contribution in [-0.2, 0) is 6.42 Å². The average Bonchev–Trinajstić information content (AvgIpc) is 2.35. The third-order valence-corrected chi connectivity index (χ3v) is 4.21. The number of hydrogen-bond donors (Lipinski definition) is 1. The Bertz CT molecular complexity index is 626. The van der Waals surface area contributed by atoms with Crippen LogP contribution < -0.4 is 5.73 Å². The first-order chi connectivity index (χ1) is 8.93. The van der Waals surface area contributed by atoms with Gasteiger partial charge in [0.2, 0.25) is 0 Å². The van der Waals surface area contributed by atoms with E-state index in [2.05, 4.69) is 11.9 Å². The Kier molecular flexibility index (Phi) is 4.57. The fourth-order valence-electron chi connectivity index (χ4n) is 2.10. The molecule has 0 bridgehead atoms. The molecule has 1 atom stereocenters. The molecule has 0 radical (unpaired) electrons. The Hall–Kier alpha value is -0.540. The Morgan fingerprint density at radius 3 is 2.53 bits per heavy atom. The van der Waals surface area contributed by atoms with Gasteiger partial charge in [0, 0.05) is 11.1 Å². The molecule has 1 heterocycles. The fourth-order valence-corrected chi connectivity index (χ4v) is 2.90. The standard InChI is InChI=1S/C14H15Cl3N2/c1-7(6-18)3-9-4-8(2)12-13(17)10(15)5-11(16)14(12)19-9/h4-5,7H,3,6,18H2,1-2H3. The summed E-state index contributed by atoms with van der Waals surface area (Å²) in [5.41, 5.74) is 8.36. The number of benzene rings is 1. The molecule has 0 fully saturated rings. The molecule has 0 spiro atoms. The summed E-state index contributed by atoms with van der Waals surface area (Å²) in [6.07, 6.45) is 0.823. The van der Waals surface area contributed by atoms with Gasteiger partial charge in [0.25, 0.3) is 0 Å². The zero-order valence-corrected chi connectivity index (χ0v) is 13.1. The second kappa shape index (κ2) is 5.84. The molecule has 0 aliphatic carbocycles. The van der Waals surface area contributed by atoms with Crippen LogP contribution >= 0.6 is 34.8 Å². The van der Waals surface area contributed by atoms with Crippen molar-refractivity contribution in [3.05, 3.63) is 38.5 Å². The molecule has 5 heteroatoms. The van der Waals surface area contributed by atoms with Gasteiger partial charge >= 0.3 is 0 Å². The predicted octanol–water partition coefficient (Wildman–Crippen LogP) is 4.64. The minimum Gasteiger partial charge on any atom is -0.330 e. The van der Waals surface area contributed by atoms with E-state index in [9.17, 15) is 0 Å². The molecular weight excluding hydrogens is 303 g/mol. The van der Waals surface area contributed by atoms with Crippen LogP contribution in [0.2, 0.25) is 15.1 Å². The van der Waals surface area contributed by atoms with Gasteiger partial charge in [0.1, 0.15) is 0 Å². The van der Waals surface area contributed by atoms with Crippen LogP contribution in [0.1, 0.15) is 18.2 Å². The smallest absolute Gasteiger partial charge is 0.0910 e. The number of halogens is 3. The number of nitrogens with two attached hydrogens (primary N) is 1. The summed E-state index contributed by atoms with van der Waals surface area (Å²) in [4.78, 5) is 4.59. The minimum absolute atomic E-state index is 0.380. The highest BCUT2D eigenvalue weighted by Gasteiger charge is 2.14. The van der Waals surface area contributed by atoms with Gasteiger partial charge in [-0.15, -0.1) is 0 Å². The summed E-state index contributed by atoms with van der Waals surface area (Å²) in [5, 5.41) is 2.30. The summed E-state index contributed by atoms with van der Waals surface area (Å²) >= 11 is 18.5.